The summed E-state index contributed by atoms with van der Waals surface area (Å²) in [5.74, 6) is 0.238. The number of anilines is 1. The Hall–Kier alpha value is -2.86. The van der Waals surface area contributed by atoms with Crippen molar-refractivity contribution in [3.05, 3.63) is 59.7 Å². The molecule has 0 radical (unpaired) electrons. The first kappa shape index (κ1) is 21.4. The first-order valence-corrected chi connectivity index (χ1v) is 9.55. The number of nitrogens with one attached hydrogen (secondary N) is 2. The quantitative estimate of drug-likeness (QED) is 0.577. The lowest BCUT2D eigenvalue weighted by molar-refractivity contribution is 0.0947. The van der Waals surface area contributed by atoms with Crippen molar-refractivity contribution in [1.29, 1.82) is 0 Å². The van der Waals surface area contributed by atoms with Crippen LogP contribution in [0.15, 0.2) is 48.5 Å². The van der Waals surface area contributed by atoms with Crippen molar-refractivity contribution in [3.63, 3.8) is 0 Å². The number of hydrogen-bond donors (Lipinski definition) is 2. The summed E-state index contributed by atoms with van der Waals surface area (Å²) >= 11 is 0. The molecule has 0 aliphatic carbocycles. The van der Waals surface area contributed by atoms with Gasteiger partial charge >= 0.3 is 0 Å². The summed E-state index contributed by atoms with van der Waals surface area (Å²) in [4.78, 5) is 24.7. The Morgan fingerprint density at radius 1 is 0.929 bits per heavy atom. The van der Waals surface area contributed by atoms with Crippen LogP contribution in [-0.2, 0) is 4.74 Å². The third-order valence-corrected chi connectivity index (χ3v) is 4.06. The molecule has 0 bridgehead atoms. The Morgan fingerprint density at radius 2 is 1.68 bits per heavy atom. The largest absolute Gasteiger partial charge is 0.494 e. The molecule has 0 saturated heterocycles. The zero-order valence-electron chi connectivity index (χ0n) is 16.5. The van der Waals surface area contributed by atoms with E-state index in [9.17, 15) is 9.59 Å². The van der Waals surface area contributed by atoms with Crippen LogP contribution in [0, 0.1) is 0 Å². The zero-order chi connectivity index (χ0) is 20.2. The second-order valence-electron chi connectivity index (χ2n) is 6.37. The first-order valence-electron chi connectivity index (χ1n) is 9.55. The number of amides is 2. The number of rotatable bonds is 11. The van der Waals surface area contributed by atoms with Crippen molar-refractivity contribution >= 4 is 17.5 Å². The lowest BCUT2D eigenvalue weighted by Gasteiger charge is -2.10. The molecule has 0 saturated carbocycles. The summed E-state index contributed by atoms with van der Waals surface area (Å²) in [6.45, 7) is 3.86. The SMILES string of the molecule is CCCCOc1cccc(C(=O)Nc2cccc(C(=O)NCCCOC)c2)c1. The average molecular weight is 384 g/mol. The van der Waals surface area contributed by atoms with Crippen LogP contribution in [-0.4, -0.2) is 38.7 Å². The Balaban J connectivity index is 1.96. The number of hydrogen-bond acceptors (Lipinski definition) is 4. The molecule has 28 heavy (non-hydrogen) atoms. The van der Waals surface area contributed by atoms with E-state index in [-0.39, 0.29) is 11.8 Å². The number of carbonyl (C=O) groups is 2. The molecule has 2 rings (SSSR count). The molecular formula is C22H28N2O4. The standard InChI is InChI=1S/C22H28N2O4/c1-3-4-14-28-20-11-6-9-18(16-20)22(26)24-19-10-5-8-17(15-19)21(25)23-12-7-13-27-2/h5-6,8-11,15-16H,3-4,7,12-14H2,1-2H3,(H,23,25)(H,24,26). The summed E-state index contributed by atoms with van der Waals surface area (Å²) in [5.41, 5.74) is 1.56. The van der Waals surface area contributed by atoms with Gasteiger partial charge in [-0.25, -0.2) is 0 Å². The number of methoxy groups -OCH3 is 1. The minimum atomic E-state index is -0.251. The van der Waals surface area contributed by atoms with Gasteiger partial charge in [0, 0.05) is 37.1 Å². The average Bonchev–Trinajstić information content (AvgIpc) is 2.71. The maximum atomic E-state index is 12.5. The number of ether oxygens (including phenoxy) is 2. The second kappa shape index (κ2) is 11.8. The Bertz CT molecular complexity index is 777. The van der Waals surface area contributed by atoms with Crippen molar-refractivity contribution < 1.29 is 19.1 Å². The van der Waals surface area contributed by atoms with E-state index in [4.69, 9.17) is 9.47 Å². The smallest absolute Gasteiger partial charge is 0.255 e. The van der Waals surface area contributed by atoms with Crippen molar-refractivity contribution in [2.75, 3.05) is 32.2 Å². The Labute approximate surface area is 166 Å². The molecule has 0 spiro atoms. The summed E-state index contributed by atoms with van der Waals surface area (Å²) in [6, 6.07) is 13.9. The molecule has 2 amide bonds. The van der Waals surface area contributed by atoms with Crippen LogP contribution >= 0.6 is 0 Å². The van der Waals surface area contributed by atoms with Gasteiger partial charge in [0.1, 0.15) is 5.75 Å². The molecule has 0 atom stereocenters. The fourth-order valence-corrected chi connectivity index (χ4v) is 2.52. The molecular weight excluding hydrogens is 356 g/mol. The molecule has 2 N–H and O–H groups in total. The van der Waals surface area contributed by atoms with Gasteiger partial charge in [-0.2, -0.15) is 0 Å². The van der Waals surface area contributed by atoms with Gasteiger partial charge in [0.25, 0.3) is 11.8 Å². The minimum absolute atomic E-state index is 0.182. The van der Waals surface area contributed by atoms with Crippen LogP contribution < -0.4 is 15.4 Å². The summed E-state index contributed by atoms with van der Waals surface area (Å²) in [5, 5.41) is 5.66. The van der Waals surface area contributed by atoms with E-state index in [0.29, 0.717) is 42.3 Å². The third-order valence-electron chi connectivity index (χ3n) is 4.06. The Morgan fingerprint density at radius 3 is 2.43 bits per heavy atom. The molecule has 6 nitrogen and oxygen atoms in total. The predicted molar refractivity (Wildman–Crippen MR) is 110 cm³/mol. The summed E-state index contributed by atoms with van der Waals surface area (Å²) in [6.07, 6.45) is 2.77. The van der Waals surface area contributed by atoms with Crippen LogP contribution in [0.1, 0.15) is 46.9 Å². The van der Waals surface area contributed by atoms with Gasteiger partial charge in [-0.15, -0.1) is 0 Å². The highest BCUT2D eigenvalue weighted by Crippen LogP contribution is 2.17. The molecule has 0 heterocycles. The molecule has 150 valence electrons. The molecule has 0 fully saturated rings. The molecule has 2 aromatic carbocycles. The van der Waals surface area contributed by atoms with Crippen LogP contribution in [0.3, 0.4) is 0 Å². The van der Waals surface area contributed by atoms with Crippen LogP contribution in [0.4, 0.5) is 5.69 Å². The molecule has 0 aromatic heterocycles. The van der Waals surface area contributed by atoms with Gasteiger partial charge < -0.3 is 20.1 Å². The van der Waals surface area contributed by atoms with Crippen LogP contribution in [0.5, 0.6) is 5.75 Å². The van der Waals surface area contributed by atoms with Gasteiger partial charge in [0.2, 0.25) is 0 Å². The topological polar surface area (TPSA) is 76.7 Å². The fraction of sp³-hybridized carbons (Fsp3) is 0.364. The molecule has 0 aliphatic rings. The Kier molecular flexibility index (Phi) is 9.01. The van der Waals surface area contributed by atoms with E-state index in [1.165, 1.54) is 0 Å². The summed E-state index contributed by atoms with van der Waals surface area (Å²) < 4.78 is 10.6. The fourth-order valence-electron chi connectivity index (χ4n) is 2.52. The van der Waals surface area contributed by atoms with Crippen LogP contribution in [0.2, 0.25) is 0 Å². The van der Waals surface area contributed by atoms with E-state index >= 15 is 0 Å². The van der Waals surface area contributed by atoms with Crippen molar-refractivity contribution in [1.82, 2.24) is 5.32 Å². The number of carbonyl (C=O) groups excluding carboxylic acids is 2. The molecule has 2 aromatic rings. The number of benzene rings is 2. The number of unbranched alkanes of at least 4 members (excludes halogenated alkanes) is 1. The van der Waals surface area contributed by atoms with Crippen LogP contribution in [0.25, 0.3) is 0 Å². The third kappa shape index (κ3) is 7.04. The van der Waals surface area contributed by atoms with E-state index < -0.39 is 0 Å². The second-order valence-corrected chi connectivity index (χ2v) is 6.37. The van der Waals surface area contributed by atoms with E-state index in [1.54, 1.807) is 49.6 Å². The van der Waals surface area contributed by atoms with Crippen molar-refractivity contribution in [2.24, 2.45) is 0 Å². The van der Waals surface area contributed by atoms with Gasteiger partial charge in [-0.3, -0.25) is 9.59 Å². The minimum Gasteiger partial charge on any atom is -0.494 e. The highest BCUT2D eigenvalue weighted by Gasteiger charge is 2.10. The highest BCUT2D eigenvalue weighted by atomic mass is 16.5. The normalized spacial score (nSPS) is 10.4. The highest BCUT2D eigenvalue weighted by molar-refractivity contribution is 6.05. The zero-order valence-corrected chi connectivity index (χ0v) is 16.5. The summed E-state index contributed by atoms with van der Waals surface area (Å²) in [7, 11) is 1.63. The maximum absolute atomic E-state index is 12.5. The monoisotopic (exact) mass is 384 g/mol. The van der Waals surface area contributed by atoms with E-state index in [1.807, 2.05) is 6.07 Å². The lowest BCUT2D eigenvalue weighted by Crippen LogP contribution is -2.25. The van der Waals surface area contributed by atoms with Crippen molar-refractivity contribution in [2.45, 2.75) is 26.2 Å². The van der Waals surface area contributed by atoms with E-state index in [2.05, 4.69) is 17.6 Å². The molecule has 0 aliphatic heterocycles. The van der Waals surface area contributed by atoms with Gasteiger partial charge in [-0.05, 0) is 49.2 Å². The van der Waals surface area contributed by atoms with Gasteiger partial charge in [0.15, 0.2) is 0 Å². The lowest BCUT2D eigenvalue weighted by atomic mass is 10.1. The van der Waals surface area contributed by atoms with Gasteiger partial charge in [0.05, 0.1) is 6.61 Å². The first-order chi connectivity index (χ1) is 13.6. The predicted octanol–water partition coefficient (Wildman–Crippen LogP) is 3.88. The van der Waals surface area contributed by atoms with E-state index in [0.717, 1.165) is 19.3 Å². The molecule has 0 unspecified atom stereocenters. The van der Waals surface area contributed by atoms with Crippen molar-refractivity contribution in [3.8, 4) is 5.75 Å². The molecule has 6 heteroatoms. The maximum Gasteiger partial charge on any atom is 0.255 e. The van der Waals surface area contributed by atoms with Gasteiger partial charge in [-0.1, -0.05) is 25.5 Å².